The summed E-state index contributed by atoms with van der Waals surface area (Å²) < 4.78 is 44.8. The number of likely N-dealkylation sites (tertiary alicyclic amines) is 1. The van der Waals surface area contributed by atoms with Gasteiger partial charge in [0.25, 0.3) is 5.91 Å². The molecule has 4 amide bonds. The number of anilines is 1. The number of para-hydroxylation sites is 2. The number of benzene rings is 1. The minimum Gasteiger partial charge on any atom is -0.478 e. The highest BCUT2D eigenvalue weighted by atomic mass is 19.4. The van der Waals surface area contributed by atoms with E-state index < -0.39 is 59.4 Å². The monoisotopic (exact) mass is 563 g/mol. The van der Waals surface area contributed by atoms with Crippen molar-refractivity contribution in [3.63, 3.8) is 0 Å². The van der Waals surface area contributed by atoms with Crippen LogP contribution in [0.1, 0.15) is 41.0 Å². The zero-order chi connectivity index (χ0) is 29.8. The minimum atomic E-state index is -5.19. The van der Waals surface area contributed by atoms with Gasteiger partial charge >= 0.3 is 12.1 Å². The molecule has 10 nitrogen and oxygen atoms in total. The molecule has 0 radical (unpaired) electrons. The Morgan fingerprint density at radius 1 is 1.20 bits per heavy atom. The van der Waals surface area contributed by atoms with Gasteiger partial charge in [-0.25, -0.2) is 0 Å². The van der Waals surface area contributed by atoms with Crippen LogP contribution in [-0.2, 0) is 19.2 Å². The first-order valence-electron chi connectivity index (χ1n) is 12.9. The number of ether oxygens (including phenoxy) is 1. The number of rotatable bonds is 6. The van der Waals surface area contributed by atoms with Crippen LogP contribution < -0.4 is 20.7 Å². The summed E-state index contributed by atoms with van der Waals surface area (Å²) in [5.74, 6) is -4.17. The number of nitriles is 1. The van der Waals surface area contributed by atoms with Crippen molar-refractivity contribution in [2.45, 2.75) is 71.4 Å². The summed E-state index contributed by atoms with van der Waals surface area (Å²) >= 11 is 0. The highest BCUT2D eigenvalue weighted by Gasteiger charge is 2.70. The summed E-state index contributed by atoms with van der Waals surface area (Å²) in [4.78, 5) is 52.7. The summed E-state index contributed by atoms with van der Waals surface area (Å²) in [5.41, 5.74) is -0.934. The van der Waals surface area contributed by atoms with Gasteiger partial charge in [0.2, 0.25) is 11.8 Å². The number of fused-ring (bicyclic) bond motifs is 2. The predicted molar refractivity (Wildman–Crippen MR) is 135 cm³/mol. The maximum atomic E-state index is 13.6. The van der Waals surface area contributed by atoms with Crippen LogP contribution in [0.5, 0.6) is 5.75 Å². The Morgan fingerprint density at radius 3 is 2.45 bits per heavy atom. The van der Waals surface area contributed by atoms with Gasteiger partial charge in [0.05, 0.1) is 11.8 Å². The number of piperidine rings is 1. The number of halogens is 3. The van der Waals surface area contributed by atoms with E-state index in [0.717, 1.165) is 0 Å². The summed E-state index contributed by atoms with van der Waals surface area (Å²) in [5, 5.41) is 16.9. The quantitative estimate of drug-likeness (QED) is 0.486. The number of nitrogens with zero attached hydrogens (tertiary/aromatic N) is 2. The fourth-order valence-electron chi connectivity index (χ4n) is 5.70. The molecule has 2 fully saturated rings. The molecule has 2 unspecified atom stereocenters. The van der Waals surface area contributed by atoms with Gasteiger partial charge < -0.3 is 25.6 Å². The van der Waals surface area contributed by atoms with Crippen LogP contribution in [-0.4, -0.2) is 65.5 Å². The second-order valence-electron chi connectivity index (χ2n) is 12.2. The molecule has 2 aliphatic heterocycles. The van der Waals surface area contributed by atoms with E-state index in [2.05, 4.69) is 10.6 Å². The molecule has 3 N–H and O–H groups in total. The summed E-state index contributed by atoms with van der Waals surface area (Å²) in [6, 6.07) is 4.93. The maximum absolute atomic E-state index is 13.6. The van der Waals surface area contributed by atoms with E-state index in [4.69, 9.17) is 4.74 Å². The molecule has 0 spiro atoms. The topological polar surface area (TPSA) is 141 Å². The van der Waals surface area contributed by atoms with E-state index >= 15 is 0 Å². The molecule has 1 aromatic carbocycles. The molecule has 4 rings (SSSR count). The predicted octanol–water partition coefficient (Wildman–Crippen LogP) is 2.36. The number of hydrogen-bond acceptors (Lipinski definition) is 6. The van der Waals surface area contributed by atoms with E-state index in [9.17, 15) is 37.6 Å². The Kier molecular flexibility index (Phi) is 7.28. The van der Waals surface area contributed by atoms with Crippen molar-refractivity contribution in [2.24, 2.45) is 22.7 Å². The van der Waals surface area contributed by atoms with E-state index in [1.165, 1.54) is 25.7 Å². The van der Waals surface area contributed by atoms with Gasteiger partial charge in [-0.15, -0.1) is 0 Å². The van der Waals surface area contributed by atoms with Gasteiger partial charge in [0.1, 0.15) is 23.9 Å². The number of hydrogen-bond donors (Lipinski definition) is 3. The van der Waals surface area contributed by atoms with Gasteiger partial charge in [0.15, 0.2) is 6.10 Å². The number of nitrogens with one attached hydrogen (secondary N) is 3. The normalized spacial score (nSPS) is 26.2. The smallest absolute Gasteiger partial charge is 0.471 e. The first-order chi connectivity index (χ1) is 18.5. The molecule has 1 aliphatic carbocycles. The second-order valence-corrected chi connectivity index (χ2v) is 12.2. The average molecular weight is 564 g/mol. The van der Waals surface area contributed by atoms with Crippen molar-refractivity contribution in [1.82, 2.24) is 15.5 Å². The number of carbonyl (C=O) groups is 4. The average Bonchev–Trinajstić information content (AvgIpc) is 3.18. The lowest BCUT2D eigenvalue weighted by molar-refractivity contribution is -0.176. The van der Waals surface area contributed by atoms with Crippen LogP contribution in [0, 0.1) is 34.0 Å². The van der Waals surface area contributed by atoms with Crippen LogP contribution in [0.2, 0.25) is 0 Å². The fraction of sp³-hybridized carbons (Fsp3) is 0.593. The van der Waals surface area contributed by atoms with Crippen LogP contribution >= 0.6 is 0 Å². The van der Waals surface area contributed by atoms with Crippen molar-refractivity contribution < 1.29 is 37.1 Å². The summed E-state index contributed by atoms with van der Waals surface area (Å²) in [7, 11) is 0. The molecular formula is C27H32F3N5O5. The van der Waals surface area contributed by atoms with Crippen molar-refractivity contribution in [1.29, 1.82) is 5.26 Å². The molecule has 1 aromatic rings. The number of alkyl halides is 3. The Bertz CT molecular complexity index is 1270. The van der Waals surface area contributed by atoms with Gasteiger partial charge in [-0.3, -0.25) is 19.2 Å². The highest BCUT2D eigenvalue weighted by Crippen LogP contribution is 2.65. The third kappa shape index (κ3) is 5.44. The summed E-state index contributed by atoms with van der Waals surface area (Å²) in [6.45, 7) is 8.52. The Hall–Kier alpha value is -3.82. The van der Waals surface area contributed by atoms with E-state index in [1.807, 2.05) is 19.9 Å². The molecule has 3 aliphatic rings. The molecule has 0 bridgehead atoms. The zero-order valence-corrected chi connectivity index (χ0v) is 22.8. The standard InChI is InChI=1S/C27H32F3N5O5/c1-25(2,3)20(34-24(39)27(28,29)30)23(38)35-12-14-18(26(14,4)5)19(35)22(37)32-13(11-31)10-17-21(36)33-15-8-6-7-9-16(15)40-17/h6-9,13-14,17-20H,10,12H2,1-5H3,(H,32,37)(H,33,36)(H,34,39)/t13?,14-,17?,18-,19-,20+/m0/s1. The van der Waals surface area contributed by atoms with Crippen molar-refractivity contribution >= 4 is 29.3 Å². The fourth-order valence-corrected chi connectivity index (χ4v) is 5.70. The van der Waals surface area contributed by atoms with Crippen molar-refractivity contribution in [3.05, 3.63) is 24.3 Å². The summed E-state index contributed by atoms with van der Waals surface area (Å²) in [6.07, 6.45) is -6.43. The number of amides is 4. The number of carbonyl (C=O) groups excluding carboxylic acids is 4. The molecule has 216 valence electrons. The molecular weight excluding hydrogens is 531 g/mol. The van der Waals surface area contributed by atoms with Crippen molar-refractivity contribution in [3.8, 4) is 11.8 Å². The molecule has 2 heterocycles. The largest absolute Gasteiger partial charge is 0.478 e. The molecule has 6 atom stereocenters. The van der Waals surface area contributed by atoms with E-state index in [1.54, 1.807) is 29.6 Å². The third-order valence-corrected chi connectivity index (χ3v) is 8.03. The highest BCUT2D eigenvalue weighted by molar-refractivity contribution is 5.98. The van der Waals surface area contributed by atoms with Crippen LogP contribution in [0.4, 0.5) is 18.9 Å². The van der Waals surface area contributed by atoms with E-state index in [-0.39, 0.29) is 30.2 Å². The lowest BCUT2D eigenvalue weighted by atomic mass is 9.85. The molecule has 40 heavy (non-hydrogen) atoms. The van der Waals surface area contributed by atoms with Gasteiger partial charge in [-0.1, -0.05) is 46.8 Å². The Balaban J connectivity index is 1.52. The lowest BCUT2D eigenvalue weighted by Gasteiger charge is -2.38. The zero-order valence-electron chi connectivity index (χ0n) is 22.8. The Labute approximate surface area is 229 Å². The first-order valence-corrected chi connectivity index (χ1v) is 12.9. The van der Waals surface area contributed by atoms with Gasteiger partial charge in [-0.05, 0) is 34.8 Å². The molecule has 13 heteroatoms. The van der Waals surface area contributed by atoms with Crippen molar-refractivity contribution in [2.75, 3.05) is 11.9 Å². The van der Waals surface area contributed by atoms with Gasteiger partial charge in [0, 0.05) is 13.0 Å². The van der Waals surface area contributed by atoms with E-state index in [0.29, 0.717) is 11.4 Å². The lowest BCUT2D eigenvalue weighted by Crippen LogP contribution is -2.61. The molecule has 1 saturated carbocycles. The molecule has 0 aromatic heterocycles. The second kappa shape index (κ2) is 9.98. The van der Waals surface area contributed by atoms with Crippen LogP contribution in [0.25, 0.3) is 0 Å². The third-order valence-electron chi connectivity index (χ3n) is 8.03. The maximum Gasteiger partial charge on any atom is 0.471 e. The molecule has 1 saturated heterocycles. The van der Waals surface area contributed by atoms with Gasteiger partial charge in [-0.2, -0.15) is 18.4 Å². The van der Waals surface area contributed by atoms with Crippen LogP contribution in [0.15, 0.2) is 24.3 Å². The Morgan fingerprint density at radius 2 is 1.85 bits per heavy atom. The van der Waals surface area contributed by atoms with Crippen LogP contribution in [0.3, 0.4) is 0 Å². The minimum absolute atomic E-state index is 0.0874. The SMILES string of the molecule is CC(C)(C)[C@H](NC(=O)C(F)(F)F)C(=O)N1C[C@H]2[C@@H]([C@H]1C(=O)NC(C#N)CC1Oc3ccccc3NC1=O)C2(C)C. The first kappa shape index (κ1) is 29.2.